The highest BCUT2D eigenvalue weighted by Gasteiger charge is 2.28. The van der Waals surface area contributed by atoms with E-state index in [0.29, 0.717) is 45.0 Å². The number of anilines is 1. The molecule has 220 valence electrons. The van der Waals surface area contributed by atoms with Crippen LogP contribution in [-0.2, 0) is 4.74 Å². The van der Waals surface area contributed by atoms with Gasteiger partial charge in [-0.3, -0.25) is 10.3 Å². The Balaban J connectivity index is 1.40. The van der Waals surface area contributed by atoms with Gasteiger partial charge in [-0.15, -0.1) is 11.3 Å². The fraction of sp³-hybridized carbons (Fsp3) is 0.290. The van der Waals surface area contributed by atoms with E-state index >= 15 is 0 Å². The molecule has 0 bridgehead atoms. The number of nitrogens with one attached hydrogen (secondary N) is 1. The Labute approximate surface area is 252 Å². The van der Waals surface area contributed by atoms with Crippen molar-refractivity contribution < 1.29 is 24.1 Å². The second kappa shape index (κ2) is 12.2. The van der Waals surface area contributed by atoms with Crippen LogP contribution in [0.25, 0.3) is 31.8 Å². The van der Waals surface area contributed by atoms with Gasteiger partial charge in [0.15, 0.2) is 0 Å². The molecule has 0 aliphatic heterocycles. The molecule has 3 aromatic heterocycles. The summed E-state index contributed by atoms with van der Waals surface area (Å²) in [5.74, 6) is 0.937. The number of aryl methyl sites for hydroxylation is 1. The Morgan fingerprint density at radius 1 is 1.09 bits per heavy atom. The number of rotatable bonds is 8. The van der Waals surface area contributed by atoms with Crippen molar-refractivity contribution in [3.05, 3.63) is 65.6 Å². The number of nitrogens with zero attached hydrogens (tertiary/aromatic N) is 5. The fourth-order valence-corrected chi connectivity index (χ4v) is 5.48. The summed E-state index contributed by atoms with van der Waals surface area (Å²) in [6.07, 6.45) is 2.87. The maximum absolute atomic E-state index is 12.2. The number of fused-ring (bicyclic) bond motifs is 2. The van der Waals surface area contributed by atoms with Gasteiger partial charge in [-0.2, -0.15) is 5.26 Å². The highest BCUT2D eigenvalue weighted by atomic mass is 32.1. The number of amides is 1. The van der Waals surface area contributed by atoms with Gasteiger partial charge in [0, 0.05) is 17.3 Å². The molecule has 11 nitrogen and oxygen atoms in total. The summed E-state index contributed by atoms with van der Waals surface area (Å²) in [5.41, 5.74) is 4.75. The largest absolute Gasteiger partial charge is 0.490 e. The lowest BCUT2D eigenvalue weighted by atomic mass is 9.84. The first-order valence-corrected chi connectivity index (χ1v) is 14.2. The van der Waals surface area contributed by atoms with Crippen LogP contribution in [0.2, 0.25) is 0 Å². The Kier molecular flexibility index (Phi) is 8.38. The smallest absolute Gasteiger partial charge is 0.411 e. The van der Waals surface area contributed by atoms with E-state index in [2.05, 4.69) is 20.3 Å². The molecular weight excluding hydrogens is 568 g/mol. The number of aromatic nitrogens is 4. The summed E-state index contributed by atoms with van der Waals surface area (Å²) in [4.78, 5) is 30.2. The van der Waals surface area contributed by atoms with Crippen LogP contribution in [0.5, 0.6) is 11.6 Å². The van der Waals surface area contributed by atoms with E-state index in [1.807, 2.05) is 52.0 Å². The first-order chi connectivity index (χ1) is 20.5. The summed E-state index contributed by atoms with van der Waals surface area (Å²) in [6.45, 7) is 7.89. The van der Waals surface area contributed by atoms with Crippen molar-refractivity contribution in [3.8, 4) is 28.3 Å². The van der Waals surface area contributed by atoms with E-state index in [1.165, 1.54) is 29.8 Å². The number of methoxy groups -OCH3 is 1. The number of aliphatic hydroxyl groups excluding tert-OH is 1. The first kappa shape index (κ1) is 29.6. The van der Waals surface area contributed by atoms with Crippen LogP contribution in [0, 0.1) is 23.7 Å². The Morgan fingerprint density at radius 3 is 2.65 bits per heavy atom. The third kappa shape index (κ3) is 6.63. The van der Waals surface area contributed by atoms with Crippen molar-refractivity contribution in [1.82, 2.24) is 19.9 Å². The van der Waals surface area contributed by atoms with Crippen LogP contribution in [0.4, 0.5) is 10.5 Å². The molecule has 1 unspecified atom stereocenters. The van der Waals surface area contributed by atoms with Gasteiger partial charge in [-0.25, -0.2) is 19.7 Å². The zero-order chi connectivity index (χ0) is 30.7. The topological polar surface area (TPSA) is 152 Å². The SMILES string of the molecule is COc1cnc2c(-c3nc4c(C(O)C(C)(C)C)cc(OCCOC(=O)Nc5cncc(C#N)c5)cc4s3)cc(C)cc2n1. The summed E-state index contributed by atoms with van der Waals surface area (Å²) < 4.78 is 17.3. The average molecular weight is 599 g/mol. The number of nitriles is 1. The first-order valence-electron chi connectivity index (χ1n) is 13.4. The third-order valence-corrected chi connectivity index (χ3v) is 7.56. The predicted molar refractivity (Wildman–Crippen MR) is 163 cm³/mol. The van der Waals surface area contributed by atoms with Crippen molar-refractivity contribution in [2.75, 3.05) is 25.6 Å². The number of aliphatic hydroxyl groups is 1. The van der Waals surface area contributed by atoms with Crippen LogP contribution in [0.3, 0.4) is 0 Å². The lowest BCUT2D eigenvalue weighted by Gasteiger charge is -2.26. The van der Waals surface area contributed by atoms with Crippen molar-refractivity contribution in [2.45, 2.75) is 33.8 Å². The highest BCUT2D eigenvalue weighted by molar-refractivity contribution is 7.21. The summed E-state index contributed by atoms with van der Waals surface area (Å²) in [6, 6.07) is 11.1. The van der Waals surface area contributed by atoms with Crippen LogP contribution >= 0.6 is 11.3 Å². The van der Waals surface area contributed by atoms with Gasteiger partial charge in [-0.05, 0) is 48.2 Å². The van der Waals surface area contributed by atoms with Crippen molar-refractivity contribution in [2.24, 2.45) is 5.41 Å². The quantitative estimate of drug-likeness (QED) is 0.198. The lowest BCUT2D eigenvalue weighted by Crippen LogP contribution is -2.19. The number of thiazole rings is 1. The molecule has 5 rings (SSSR count). The maximum atomic E-state index is 12.2. The van der Waals surface area contributed by atoms with Gasteiger partial charge >= 0.3 is 6.09 Å². The number of carbonyl (C=O) groups excluding carboxylic acids is 1. The fourth-order valence-electron chi connectivity index (χ4n) is 4.43. The monoisotopic (exact) mass is 598 g/mol. The predicted octanol–water partition coefficient (Wildman–Crippen LogP) is 6.20. The number of hydrogen-bond acceptors (Lipinski definition) is 11. The van der Waals surface area contributed by atoms with E-state index in [1.54, 1.807) is 19.4 Å². The second-order valence-electron chi connectivity index (χ2n) is 10.9. The van der Waals surface area contributed by atoms with Gasteiger partial charge in [0.1, 0.15) is 30.0 Å². The van der Waals surface area contributed by atoms with Gasteiger partial charge < -0.3 is 19.3 Å². The second-order valence-corrected chi connectivity index (χ2v) is 12.0. The minimum absolute atomic E-state index is 0.0300. The molecule has 2 aromatic carbocycles. The number of carbonyl (C=O) groups is 1. The number of hydrogen-bond donors (Lipinski definition) is 2. The molecule has 3 heterocycles. The molecule has 0 fully saturated rings. The molecule has 0 aliphatic carbocycles. The summed E-state index contributed by atoms with van der Waals surface area (Å²) in [7, 11) is 1.55. The van der Waals surface area contributed by atoms with E-state index in [9.17, 15) is 9.90 Å². The molecule has 0 spiro atoms. The number of ether oxygens (including phenoxy) is 3. The van der Waals surface area contributed by atoms with E-state index in [-0.39, 0.29) is 13.2 Å². The molecule has 12 heteroatoms. The zero-order valence-corrected chi connectivity index (χ0v) is 25.2. The average Bonchev–Trinajstić information content (AvgIpc) is 3.41. The minimum atomic E-state index is -0.827. The standard InChI is InChI=1S/C31H30N6O5S/c1-17-8-22(26-23(9-17)36-25(40-5)16-34-26)29-37-27-21(28(38)31(2,3)4)11-20(12-24(27)43-29)41-6-7-42-30(39)35-19-10-18(13-32)14-33-15-19/h8-12,14-16,28,38H,6-7H2,1-5H3,(H,35,39). The molecule has 0 radical (unpaired) electrons. The van der Waals surface area contributed by atoms with E-state index in [4.69, 9.17) is 24.5 Å². The maximum Gasteiger partial charge on any atom is 0.411 e. The Morgan fingerprint density at radius 2 is 1.91 bits per heavy atom. The molecule has 2 N–H and O–H groups in total. The van der Waals surface area contributed by atoms with Crippen molar-refractivity contribution in [3.63, 3.8) is 0 Å². The van der Waals surface area contributed by atoms with Crippen molar-refractivity contribution in [1.29, 1.82) is 5.26 Å². The Bertz CT molecular complexity index is 1860. The molecular formula is C31H30N6O5S. The molecule has 1 amide bonds. The van der Waals surface area contributed by atoms with Crippen LogP contribution < -0.4 is 14.8 Å². The van der Waals surface area contributed by atoms with Gasteiger partial charge in [0.05, 0.1) is 58.1 Å². The van der Waals surface area contributed by atoms with Crippen LogP contribution in [-0.4, -0.2) is 51.5 Å². The van der Waals surface area contributed by atoms with Gasteiger partial charge in [-0.1, -0.05) is 20.8 Å². The number of pyridine rings is 1. The summed E-state index contributed by atoms with van der Waals surface area (Å²) >= 11 is 1.46. The van der Waals surface area contributed by atoms with Gasteiger partial charge in [0.2, 0.25) is 5.88 Å². The lowest BCUT2D eigenvalue weighted by molar-refractivity contribution is 0.0635. The zero-order valence-electron chi connectivity index (χ0n) is 24.3. The molecule has 0 aliphatic rings. The van der Waals surface area contributed by atoms with E-state index < -0.39 is 17.6 Å². The Hall–Kier alpha value is -4.86. The molecule has 1 atom stereocenters. The molecule has 5 aromatic rings. The normalized spacial score (nSPS) is 12.1. The number of benzene rings is 2. The molecule has 43 heavy (non-hydrogen) atoms. The minimum Gasteiger partial charge on any atom is -0.490 e. The third-order valence-electron chi connectivity index (χ3n) is 6.52. The van der Waals surface area contributed by atoms with Crippen molar-refractivity contribution >= 4 is 44.4 Å². The highest BCUT2D eigenvalue weighted by Crippen LogP contribution is 2.42. The van der Waals surface area contributed by atoms with E-state index in [0.717, 1.165) is 20.8 Å². The van der Waals surface area contributed by atoms with Crippen LogP contribution in [0.15, 0.2) is 48.9 Å². The summed E-state index contributed by atoms with van der Waals surface area (Å²) in [5, 5.41) is 23.6. The van der Waals surface area contributed by atoms with Crippen LogP contribution in [0.1, 0.15) is 43.6 Å². The molecule has 0 saturated heterocycles. The van der Waals surface area contributed by atoms with Gasteiger partial charge in [0.25, 0.3) is 0 Å². The molecule has 0 saturated carbocycles.